The molecule has 1 aromatic carbocycles. The molecule has 0 saturated carbocycles. The summed E-state index contributed by atoms with van der Waals surface area (Å²) >= 11 is 0. The van der Waals surface area contributed by atoms with E-state index in [1.165, 1.54) is 7.11 Å². The van der Waals surface area contributed by atoms with E-state index in [9.17, 15) is 0 Å². The molecule has 0 atom stereocenters. The third kappa shape index (κ3) is 4.64. The highest BCUT2D eigenvalue weighted by Crippen LogP contribution is 2.03. The van der Waals surface area contributed by atoms with E-state index in [0.29, 0.717) is 0 Å². The Hall–Kier alpha value is -0.883. The minimum Gasteiger partial charge on any atom is -0.386 e. The molecule has 0 aliphatic heterocycles. The molecule has 0 aromatic heterocycles. The number of benzene rings is 1. The molecule has 5 heteroatoms. The lowest BCUT2D eigenvalue weighted by molar-refractivity contribution is -0.456. The van der Waals surface area contributed by atoms with Gasteiger partial charge in [0.05, 0.1) is 7.11 Å². The van der Waals surface area contributed by atoms with Crippen LogP contribution in [0.2, 0.25) is 0 Å². The Balaban J connectivity index is 2.07. The molecule has 1 N–H and O–H groups in total. The van der Waals surface area contributed by atoms with E-state index in [2.05, 4.69) is 15.2 Å². The van der Waals surface area contributed by atoms with E-state index in [0.717, 1.165) is 11.9 Å². The van der Waals surface area contributed by atoms with Gasteiger partial charge in [0, 0.05) is 11.9 Å². The molecule has 72 valence electrons. The van der Waals surface area contributed by atoms with Crippen LogP contribution in [0.4, 0.5) is 5.69 Å². The first-order chi connectivity index (χ1) is 6.43. The topological polar surface area (TPSA) is 39.7 Å². The zero-order valence-electron chi connectivity index (χ0n) is 7.53. The van der Waals surface area contributed by atoms with Crippen LogP contribution in [0.15, 0.2) is 30.3 Å². The van der Waals surface area contributed by atoms with Gasteiger partial charge in [-0.25, -0.2) is 4.89 Å². The second-order valence-electron chi connectivity index (χ2n) is 2.35. The highest BCUT2D eigenvalue weighted by molar-refractivity contribution is 6.27. The smallest absolute Gasteiger partial charge is 0.231 e. The number of para-hydroxylation sites is 1. The molecule has 0 bridgehead atoms. The van der Waals surface area contributed by atoms with Gasteiger partial charge in [-0.3, -0.25) is 4.58 Å². The van der Waals surface area contributed by atoms with Gasteiger partial charge in [0.25, 0.3) is 0 Å². The predicted octanol–water partition coefficient (Wildman–Crippen LogP) is 0.649. The maximum absolute atomic E-state index is 4.76. The summed E-state index contributed by atoms with van der Waals surface area (Å²) in [5.41, 5.74) is 1.09. The molecule has 0 radical (unpaired) electrons. The van der Waals surface area contributed by atoms with Gasteiger partial charge in [-0.2, -0.15) is 0 Å². The van der Waals surface area contributed by atoms with Crippen LogP contribution in [-0.2, 0) is 14.5 Å². The lowest BCUT2D eigenvalue weighted by Gasteiger charge is -2.04. The van der Waals surface area contributed by atoms with Gasteiger partial charge in [0.1, 0.15) is 0 Å². The van der Waals surface area contributed by atoms with Crippen LogP contribution in [0.5, 0.6) is 0 Å². The second-order valence-corrected chi connectivity index (χ2v) is 3.49. The van der Waals surface area contributed by atoms with Gasteiger partial charge in [-0.1, -0.05) is 23.2 Å². The van der Waals surface area contributed by atoms with E-state index in [1.54, 1.807) is 0 Å². The molecule has 4 nitrogen and oxygen atoms in total. The minimum absolute atomic E-state index is 0.702. The summed E-state index contributed by atoms with van der Waals surface area (Å²) in [6.45, 7) is 0. The van der Waals surface area contributed by atoms with Crippen LogP contribution in [0.25, 0.3) is 0 Å². The SMILES string of the molecule is COOO[SiH2]CNc1ccccc1. The van der Waals surface area contributed by atoms with Gasteiger partial charge in [-0.15, -0.1) is 0 Å². The summed E-state index contributed by atoms with van der Waals surface area (Å²) in [5.74, 6) is 0. The highest BCUT2D eigenvalue weighted by Gasteiger charge is 1.91. The summed E-state index contributed by atoms with van der Waals surface area (Å²) in [5, 5.41) is 7.50. The maximum Gasteiger partial charge on any atom is 0.231 e. The molecule has 1 rings (SSSR count). The molecule has 1 aromatic rings. The zero-order valence-corrected chi connectivity index (χ0v) is 8.94. The van der Waals surface area contributed by atoms with Crippen LogP contribution >= 0.6 is 0 Å². The van der Waals surface area contributed by atoms with Crippen molar-refractivity contribution in [3.8, 4) is 0 Å². The quantitative estimate of drug-likeness (QED) is 0.316. The summed E-state index contributed by atoms with van der Waals surface area (Å²) in [7, 11) is 0.714. The maximum atomic E-state index is 4.76. The monoisotopic (exact) mass is 199 g/mol. The molecule has 13 heavy (non-hydrogen) atoms. The van der Waals surface area contributed by atoms with E-state index in [1.807, 2.05) is 30.3 Å². The van der Waals surface area contributed by atoms with Crippen LogP contribution in [0.1, 0.15) is 0 Å². The Bertz CT molecular complexity index is 220. The molecular weight excluding hydrogens is 186 g/mol. The van der Waals surface area contributed by atoms with Gasteiger partial charge in [-0.05, 0) is 12.1 Å². The van der Waals surface area contributed by atoms with Crippen molar-refractivity contribution in [3.05, 3.63) is 30.3 Å². The lowest BCUT2D eigenvalue weighted by atomic mass is 10.3. The van der Waals surface area contributed by atoms with Crippen molar-refractivity contribution in [3.63, 3.8) is 0 Å². The number of hydrogen-bond acceptors (Lipinski definition) is 4. The van der Waals surface area contributed by atoms with Gasteiger partial charge in [0.15, 0.2) is 0 Å². The first-order valence-corrected chi connectivity index (χ1v) is 5.62. The highest BCUT2D eigenvalue weighted by atomic mass is 28.2. The minimum atomic E-state index is -0.702. The first-order valence-electron chi connectivity index (χ1n) is 4.04. The fourth-order valence-electron chi connectivity index (χ4n) is 0.875. The van der Waals surface area contributed by atoms with E-state index < -0.39 is 9.76 Å². The molecule has 0 aliphatic carbocycles. The van der Waals surface area contributed by atoms with Crippen molar-refractivity contribution in [2.45, 2.75) is 0 Å². The number of nitrogens with one attached hydrogen (secondary N) is 1. The van der Waals surface area contributed by atoms with Crippen molar-refractivity contribution in [1.29, 1.82) is 0 Å². The third-order valence-electron chi connectivity index (χ3n) is 1.40. The first kappa shape index (κ1) is 10.2. The Morgan fingerprint density at radius 2 is 2.08 bits per heavy atom. The van der Waals surface area contributed by atoms with E-state index >= 15 is 0 Å². The number of hydrogen-bond donors (Lipinski definition) is 1. The largest absolute Gasteiger partial charge is 0.386 e. The summed E-state index contributed by atoms with van der Waals surface area (Å²) < 4.78 is 4.76. The molecule has 0 aliphatic rings. The van der Waals surface area contributed by atoms with Crippen LogP contribution in [0.3, 0.4) is 0 Å². The Labute approximate surface area is 79.6 Å². The summed E-state index contributed by atoms with van der Waals surface area (Å²) in [4.78, 5) is 4.28. The normalized spacial score (nSPS) is 10.8. The number of anilines is 1. The van der Waals surface area contributed by atoms with Crippen LogP contribution < -0.4 is 5.32 Å². The van der Waals surface area contributed by atoms with Crippen molar-refractivity contribution in [2.24, 2.45) is 0 Å². The Morgan fingerprint density at radius 1 is 1.31 bits per heavy atom. The summed E-state index contributed by atoms with van der Waals surface area (Å²) in [6, 6.07) is 9.96. The molecular formula is C8H13NO3Si. The molecule has 0 fully saturated rings. The molecule has 0 amide bonds. The van der Waals surface area contributed by atoms with Gasteiger partial charge >= 0.3 is 0 Å². The summed E-state index contributed by atoms with van der Waals surface area (Å²) in [6.07, 6.45) is 0.813. The van der Waals surface area contributed by atoms with Crippen LogP contribution in [0, 0.1) is 0 Å². The Morgan fingerprint density at radius 3 is 2.77 bits per heavy atom. The van der Waals surface area contributed by atoms with Crippen molar-refractivity contribution in [1.82, 2.24) is 0 Å². The van der Waals surface area contributed by atoms with E-state index in [4.69, 9.17) is 4.58 Å². The zero-order chi connectivity index (χ0) is 9.36. The molecule has 0 saturated heterocycles. The van der Waals surface area contributed by atoms with Crippen molar-refractivity contribution in [2.75, 3.05) is 18.6 Å². The van der Waals surface area contributed by atoms with Gasteiger partial charge in [0.2, 0.25) is 9.76 Å². The standard InChI is InChI=1S/C8H13NO3Si/c1-10-11-12-13-7-9-8-5-3-2-4-6-8/h2-6,9H,7,13H2,1H3. The van der Waals surface area contributed by atoms with Crippen molar-refractivity contribution < 1.29 is 14.5 Å². The fraction of sp³-hybridized carbons (Fsp3) is 0.250. The number of rotatable bonds is 6. The molecule has 0 heterocycles. The molecule has 0 spiro atoms. The van der Waals surface area contributed by atoms with Crippen molar-refractivity contribution >= 4 is 15.5 Å². The lowest BCUT2D eigenvalue weighted by Crippen LogP contribution is -2.13. The van der Waals surface area contributed by atoms with E-state index in [-0.39, 0.29) is 0 Å². The Kier molecular flexibility index (Phi) is 5.19. The fourth-order valence-corrected chi connectivity index (χ4v) is 1.51. The molecule has 0 unspecified atom stereocenters. The third-order valence-corrected chi connectivity index (χ3v) is 2.12. The average molecular weight is 199 g/mol. The van der Waals surface area contributed by atoms with Gasteiger partial charge < -0.3 is 5.32 Å². The second kappa shape index (κ2) is 6.61. The predicted molar refractivity (Wildman–Crippen MR) is 52.7 cm³/mol. The average Bonchev–Trinajstić information content (AvgIpc) is 2.19. The van der Waals surface area contributed by atoms with Crippen LogP contribution in [-0.4, -0.2) is 23.0 Å².